The van der Waals surface area contributed by atoms with Gasteiger partial charge in [0.2, 0.25) is 10.0 Å². The van der Waals surface area contributed by atoms with Crippen molar-refractivity contribution in [3.05, 3.63) is 23.8 Å². The fourth-order valence-electron chi connectivity index (χ4n) is 3.49. The number of ether oxygens (including phenoxy) is 1. The van der Waals surface area contributed by atoms with Gasteiger partial charge in [-0.25, -0.2) is 8.42 Å². The van der Waals surface area contributed by atoms with E-state index in [-0.39, 0.29) is 12.5 Å². The molecule has 1 amide bonds. The van der Waals surface area contributed by atoms with Gasteiger partial charge in [-0.2, -0.15) is 4.31 Å². The first-order valence-corrected chi connectivity index (χ1v) is 11.0. The molecule has 2 aliphatic heterocycles. The second kappa shape index (κ2) is 8.58. The van der Waals surface area contributed by atoms with Gasteiger partial charge >= 0.3 is 0 Å². The SMILES string of the molecule is Cc1cc(S(=O)(=O)N2CCCCC2)ccc1OCC(=O)N1CCN(C)CC1. The number of carbonyl (C=O) groups is 1. The molecule has 0 spiro atoms. The van der Waals surface area contributed by atoms with Gasteiger partial charge in [0.1, 0.15) is 5.75 Å². The molecule has 0 aromatic heterocycles. The van der Waals surface area contributed by atoms with Gasteiger partial charge in [-0.05, 0) is 50.6 Å². The molecule has 27 heavy (non-hydrogen) atoms. The molecule has 0 N–H and O–H groups in total. The topological polar surface area (TPSA) is 70.2 Å². The summed E-state index contributed by atoms with van der Waals surface area (Å²) in [7, 11) is -1.41. The highest BCUT2D eigenvalue weighted by Crippen LogP contribution is 2.26. The third-order valence-electron chi connectivity index (χ3n) is 5.31. The number of amides is 1. The number of carbonyl (C=O) groups excluding carboxylic acids is 1. The van der Waals surface area contributed by atoms with Crippen LogP contribution in [0.5, 0.6) is 5.75 Å². The van der Waals surface area contributed by atoms with Crippen molar-refractivity contribution < 1.29 is 17.9 Å². The van der Waals surface area contributed by atoms with E-state index in [0.717, 1.165) is 37.9 Å². The first-order chi connectivity index (χ1) is 12.9. The Morgan fingerprint density at radius 2 is 1.70 bits per heavy atom. The molecule has 2 saturated heterocycles. The molecule has 0 unspecified atom stereocenters. The Morgan fingerprint density at radius 3 is 2.33 bits per heavy atom. The maximum absolute atomic E-state index is 12.8. The van der Waals surface area contributed by atoms with Crippen molar-refractivity contribution in [2.24, 2.45) is 0 Å². The maximum Gasteiger partial charge on any atom is 0.260 e. The van der Waals surface area contributed by atoms with Crippen LogP contribution in [-0.2, 0) is 14.8 Å². The van der Waals surface area contributed by atoms with Crippen molar-refractivity contribution >= 4 is 15.9 Å². The maximum atomic E-state index is 12.8. The van der Waals surface area contributed by atoms with Gasteiger partial charge in [0.25, 0.3) is 5.91 Å². The molecule has 1 aromatic carbocycles. The van der Waals surface area contributed by atoms with Crippen molar-refractivity contribution in [1.82, 2.24) is 14.1 Å². The van der Waals surface area contributed by atoms with Crippen LogP contribution < -0.4 is 4.74 Å². The molecule has 0 saturated carbocycles. The smallest absolute Gasteiger partial charge is 0.260 e. The third-order valence-corrected chi connectivity index (χ3v) is 7.20. The highest BCUT2D eigenvalue weighted by molar-refractivity contribution is 7.89. The highest BCUT2D eigenvalue weighted by atomic mass is 32.2. The second-order valence-corrected chi connectivity index (χ2v) is 9.30. The Balaban J connectivity index is 1.62. The number of piperidine rings is 1. The molecule has 0 aliphatic carbocycles. The third kappa shape index (κ3) is 4.80. The van der Waals surface area contributed by atoms with Gasteiger partial charge in [-0.15, -0.1) is 0 Å². The number of benzene rings is 1. The standard InChI is InChI=1S/C19H29N3O4S/c1-16-14-17(27(24,25)22-8-4-3-5-9-22)6-7-18(16)26-15-19(23)21-12-10-20(2)11-13-21/h6-7,14H,3-5,8-13,15H2,1-2H3. The summed E-state index contributed by atoms with van der Waals surface area (Å²) in [6.07, 6.45) is 2.90. The molecule has 150 valence electrons. The van der Waals surface area contributed by atoms with E-state index in [2.05, 4.69) is 4.90 Å². The summed E-state index contributed by atoms with van der Waals surface area (Å²) in [4.78, 5) is 16.6. The van der Waals surface area contributed by atoms with Crippen molar-refractivity contribution in [1.29, 1.82) is 0 Å². The van der Waals surface area contributed by atoms with Crippen molar-refractivity contribution in [3.63, 3.8) is 0 Å². The molecule has 2 aliphatic rings. The van der Waals surface area contributed by atoms with Crippen LogP contribution in [0.1, 0.15) is 24.8 Å². The zero-order valence-electron chi connectivity index (χ0n) is 16.2. The molecule has 2 fully saturated rings. The van der Waals surface area contributed by atoms with Crippen LogP contribution in [0.2, 0.25) is 0 Å². The van der Waals surface area contributed by atoms with Crippen LogP contribution in [0.25, 0.3) is 0 Å². The minimum Gasteiger partial charge on any atom is -0.483 e. The van der Waals surface area contributed by atoms with Crippen LogP contribution in [0.4, 0.5) is 0 Å². The van der Waals surface area contributed by atoms with Crippen LogP contribution in [0, 0.1) is 6.92 Å². The van der Waals surface area contributed by atoms with Crippen LogP contribution in [-0.4, -0.2) is 81.4 Å². The lowest BCUT2D eigenvalue weighted by Crippen LogP contribution is -2.48. The van der Waals surface area contributed by atoms with Crippen molar-refractivity contribution in [2.75, 3.05) is 52.9 Å². The molecule has 3 rings (SSSR count). The average Bonchev–Trinajstić information content (AvgIpc) is 2.68. The van der Waals surface area contributed by atoms with Gasteiger partial charge in [-0.3, -0.25) is 4.79 Å². The lowest BCUT2D eigenvalue weighted by Gasteiger charge is -2.32. The summed E-state index contributed by atoms with van der Waals surface area (Å²) in [5.41, 5.74) is 0.722. The molecular formula is C19H29N3O4S. The number of sulfonamides is 1. The summed E-state index contributed by atoms with van der Waals surface area (Å²) in [5.74, 6) is 0.516. The van der Waals surface area contributed by atoms with E-state index < -0.39 is 10.0 Å². The Morgan fingerprint density at radius 1 is 1.04 bits per heavy atom. The summed E-state index contributed by atoms with van der Waals surface area (Å²) in [6.45, 7) is 6.11. The van der Waals surface area contributed by atoms with Crippen LogP contribution >= 0.6 is 0 Å². The van der Waals surface area contributed by atoms with Crippen LogP contribution in [0.15, 0.2) is 23.1 Å². The highest BCUT2D eigenvalue weighted by Gasteiger charge is 2.26. The molecule has 0 radical (unpaired) electrons. The number of piperazine rings is 1. The average molecular weight is 396 g/mol. The number of likely N-dealkylation sites (N-methyl/N-ethyl adjacent to an activating group) is 1. The van der Waals surface area contributed by atoms with Gasteiger partial charge < -0.3 is 14.5 Å². The molecule has 2 heterocycles. The summed E-state index contributed by atoms with van der Waals surface area (Å²) in [6, 6.07) is 4.87. The first-order valence-electron chi connectivity index (χ1n) is 9.58. The van der Waals surface area contributed by atoms with E-state index >= 15 is 0 Å². The fourth-order valence-corrected chi connectivity index (χ4v) is 5.09. The summed E-state index contributed by atoms with van der Waals surface area (Å²) in [5, 5.41) is 0. The quantitative estimate of drug-likeness (QED) is 0.752. The molecular weight excluding hydrogens is 366 g/mol. The van der Waals surface area contributed by atoms with Crippen molar-refractivity contribution in [3.8, 4) is 5.75 Å². The van der Waals surface area contributed by atoms with E-state index in [1.807, 2.05) is 18.9 Å². The zero-order chi connectivity index (χ0) is 19.4. The monoisotopic (exact) mass is 395 g/mol. The van der Waals surface area contributed by atoms with Gasteiger partial charge in [-0.1, -0.05) is 6.42 Å². The second-order valence-electron chi connectivity index (χ2n) is 7.36. The molecule has 0 atom stereocenters. The van der Waals surface area contributed by atoms with Crippen molar-refractivity contribution in [2.45, 2.75) is 31.1 Å². The first kappa shape index (κ1) is 20.1. The van der Waals surface area contributed by atoms with E-state index in [4.69, 9.17) is 4.74 Å². The van der Waals surface area contributed by atoms with Gasteiger partial charge in [0.05, 0.1) is 4.90 Å². The van der Waals surface area contributed by atoms with E-state index in [1.54, 1.807) is 22.5 Å². The lowest BCUT2D eigenvalue weighted by molar-refractivity contribution is -0.134. The number of hydrogen-bond donors (Lipinski definition) is 0. The lowest BCUT2D eigenvalue weighted by atomic mass is 10.2. The predicted octanol–water partition coefficient (Wildman–Crippen LogP) is 1.32. The zero-order valence-corrected chi connectivity index (χ0v) is 17.0. The minimum absolute atomic E-state index is 0.0250. The van der Waals surface area contributed by atoms with E-state index in [1.165, 1.54) is 0 Å². The molecule has 7 nitrogen and oxygen atoms in total. The molecule has 8 heteroatoms. The Kier molecular flexibility index (Phi) is 6.39. The van der Waals surface area contributed by atoms with Crippen LogP contribution in [0.3, 0.4) is 0 Å². The summed E-state index contributed by atoms with van der Waals surface area (Å²) < 4.78 is 32.8. The summed E-state index contributed by atoms with van der Waals surface area (Å²) >= 11 is 0. The Labute approximate surface area is 161 Å². The fraction of sp³-hybridized carbons (Fsp3) is 0.632. The van der Waals surface area contributed by atoms with E-state index in [0.29, 0.717) is 36.8 Å². The number of aryl methyl sites for hydroxylation is 1. The van der Waals surface area contributed by atoms with Gasteiger partial charge in [0.15, 0.2) is 6.61 Å². The largest absolute Gasteiger partial charge is 0.483 e. The molecule has 0 bridgehead atoms. The Bertz CT molecular complexity index is 767. The minimum atomic E-state index is -3.46. The number of rotatable bonds is 5. The van der Waals surface area contributed by atoms with Gasteiger partial charge in [0, 0.05) is 39.3 Å². The molecule has 1 aromatic rings. The number of nitrogens with zero attached hydrogens (tertiary/aromatic N) is 3. The normalized spacial score (nSPS) is 19.9. The predicted molar refractivity (Wildman–Crippen MR) is 103 cm³/mol. The number of hydrogen-bond acceptors (Lipinski definition) is 5. The Hall–Kier alpha value is -1.64. The van der Waals surface area contributed by atoms with E-state index in [9.17, 15) is 13.2 Å².